The van der Waals surface area contributed by atoms with Crippen LogP contribution in [0.2, 0.25) is 0 Å². The number of carboxylic acids is 1. The number of carboxylic acid groups (broad SMARTS) is 1. The first-order chi connectivity index (χ1) is 6.49. The summed E-state index contributed by atoms with van der Waals surface area (Å²) in [5, 5.41) is 18.5. The Balaban J connectivity index is 2.86. The number of amides is 1. The summed E-state index contributed by atoms with van der Waals surface area (Å²) in [7, 11) is 0. The summed E-state index contributed by atoms with van der Waals surface area (Å²) in [5.41, 5.74) is 2.56. The molecular formula is C9H15NO4. The van der Waals surface area contributed by atoms with Gasteiger partial charge >= 0.3 is 5.97 Å². The largest absolute Gasteiger partial charge is 0.479 e. The zero-order valence-electron chi connectivity index (χ0n) is 7.90. The van der Waals surface area contributed by atoms with Crippen LogP contribution in [-0.2, 0) is 9.59 Å². The van der Waals surface area contributed by atoms with Crippen molar-refractivity contribution in [2.45, 2.75) is 37.7 Å². The van der Waals surface area contributed by atoms with E-state index in [2.05, 4.69) is 0 Å². The number of rotatable bonds is 3. The highest BCUT2D eigenvalue weighted by molar-refractivity contribution is 6.04. The Morgan fingerprint density at radius 1 is 1.21 bits per heavy atom. The van der Waals surface area contributed by atoms with Crippen molar-refractivity contribution < 1.29 is 19.8 Å². The second-order valence-electron chi connectivity index (χ2n) is 3.77. The maximum Gasteiger partial charge on any atom is 0.345 e. The number of hydrogen-bond acceptors (Lipinski definition) is 3. The average Bonchev–Trinajstić information content (AvgIpc) is 2.17. The van der Waals surface area contributed by atoms with E-state index in [1.807, 2.05) is 0 Å². The first-order valence-corrected chi connectivity index (χ1v) is 4.75. The van der Waals surface area contributed by atoms with Crippen LogP contribution < -0.4 is 5.73 Å². The molecule has 1 aliphatic rings. The summed E-state index contributed by atoms with van der Waals surface area (Å²) in [6, 6.07) is 0. The summed E-state index contributed by atoms with van der Waals surface area (Å²) >= 11 is 0. The Hall–Kier alpha value is -1.10. The molecule has 1 unspecified atom stereocenters. The van der Waals surface area contributed by atoms with Crippen molar-refractivity contribution in [3.8, 4) is 0 Å². The maximum absolute atomic E-state index is 11.0. The van der Waals surface area contributed by atoms with Crippen LogP contribution in [0.3, 0.4) is 0 Å². The van der Waals surface area contributed by atoms with Gasteiger partial charge in [-0.1, -0.05) is 19.3 Å². The number of carbonyl (C=O) groups is 2. The van der Waals surface area contributed by atoms with Crippen molar-refractivity contribution >= 4 is 11.9 Å². The predicted molar refractivity (Wildman–Crippen MR) is 48.4 cm³/mol. The first kappa shape index (κ1) is 11.0. The molecule has 0 aromatic rings. The highest BCUT2D eigenvalue weighted by atomic mass is 16.4. The highest BCUT2D eigenvalue weighted by Crippen LogP contribution is 2.32. The van der Waals surface area contributed by atoms with E-state index in [-0.39, 0.29) is 0 Å². The summed E-state index contributed by atoms with van der Waals surface area (Å²) in [6.45, 7) is 0. The normalized spacial score (nSPS) is 22.6. The number of carbonyl (C=O) groups excluding carboxylic acids is 1. The lowest BCUT2D eigenvalue weighted by Gasteiger charge is -2.32. The van der Waals surface area contributed by atoms with Gasteiger partial charge in [0, 0.05) is 5.92 Å². The van der Waals surface area contributed by atoms with Crippen LogP contribution in [0.4, 0.5) is 0 Å². The molecule has 0 aliphatic heterocycles. The van der Waals surface area contributed by atoms with Gasteiger partial charge in [-0.3, -0.25) is 4.79 Å². The van der Waals surface area contributed by atoms with E-state index < -0.39 is 23.4 Å². The Kier molecular flexibility index (Phi) is 3.10. The zero-order valence-corrected chi connectivity index (χ0v) is 7.90. The number of primary amides is 1. The minimum Gasteiger partial charge on any atom is -0.479 e. The Morgan fingerprint density at radius 3 is 2.07 bits per heavy atom. The lowest BCUT2D eigenvalue weighted by Crippen LogP contribution is -2.56. The van der Waals surface area contributed by atoms with Gasteiger partial charge < -0.3 is 15.9 Å². The molecule has 0 saturated heterocycles. The van der Waals surface area contributed by atoms with Crippen molar-refractivity contribution in [2.75, 3.05) is 0 Å². The monoisotopic (exact) mass is 201 g/mol. The molecule has 0 spiro atoms. The molecule has 5 nitrogen and oxygen atoms in total. The molecule has 0 heterocycles. The van der Waals surface area contributed by atoms with Crippen LogP contribution in [0, 0.1) is 5.92 Å². The summed E-state index contributed by atoms with van der Waals surface area (Å²) in [6.07, 6.45) is 3.80. The topological polar surface area (TPSA) is 101 Å². The molecule has 0 radical (unpaired) electrons. The van der Waals surface area contributed by atoms with Crippen LogP contribution in [0.5, 0.6) is 0 Å². The molecule has 1 rings (SSSR count). The van der Waals surface area contributed by atoms with Gasteiger partial charge in [0.05, 0.1) is 0 Å². The van der Waals surface area contributed by atoms with Crippen molar-refractivity contribution in [3.63, 3.8) is 0 Å². The third kappa shape index (κ3) is 1.72. The molecular weight excluding hydrogens is 186 g/mol. The summed E-state index contributed by atoms with van der Waals surface area (Å²) in [4.78, 5) is 21.8. The van der Waals surface area contributed by atoms with Crippen molar-refractivity contribution in [1.82, 2.24) is 0 Å². The zero-order chi connectivity index (χ0) is 10.8. The van der Waals surface area contributed by atoms with Gasteiger partial charge in [0.1, 0.15) is 0 Å². The Labute approximate surface area is 81.9 Å². The number of hydrogen-bond donors (Lipinski definition) is 3. The first-order valence-electron chi connectivity index (χ1n) is 4.75. The SMILES string of the molecule is NC(=O)C(O)(C(=O)O)C1CCCCC1. The van der Waals surface area contributed by atoms with Crippen molar-refractivity contribution in [2.24, 2.45) is 11.7 Å². The molecule has 0 bridgehead atoms. The summed E-state index contributed by atoms with van der Waals surface area (Å²) < 4.78 is 0. The van der Waals surface area contributed by atoms with Gasteiger partial charge in [0.2, 0.25) is 5.60 Å². The number of aliphatic carboxylic acids is 1. The minimum absolute atomic E-state index is 0.536. The minimum atomic E-state index is -2.37. The predicted octanol–water partition coefficient (Wildman–Crippen LogP) is -0.132. The summed E-state index contributed by atoms with van der Waals surface area (Å²) in [5.74, 6) is -3.22. The fourth-order valence-electron chi connectivity index (χ4n) is 2.00. The lowest BCUT2D eigenvalue weighted by molar-refractivity contribution is -0.172. The van der Waals surface area contributed by atoms with Crippen molar-refractivity contribution in [1.29, 1.82) is 0 Å². The van der Waals surface area contributed by atoms with Gasteiger partial charge in [0.25, 0.3) is 5.91 Å². The molecule has 4 N–H and O–H groups in total. The second kappa shape index (κ2) is 3.96. The maximum atomic E-state index is 11.0. The van der Waals surface area contributed by atoms with Crippen LogP contribution in [0.25, 0.3) is 0 Å². The van der Waals surface area contributed by atoms with Crippen LogP contribution in [-0.4, -0.2) is 27.7 Å². The van der Waals surface area contributed by atoms with E-state index >= 15 is 0 Å². The van der Waals surface area contributed by atoms with Gasteiger partial charge in [-0.05, 0) is 12.8 Å². The molecule has 1 saturated carbocycles. The molecule has 5 heteroatoms. The molecule has 0 aromatic carbocycles. The molecule has 80 valence electrons. The fraction of sp³-hybridized carbons (Fsp3) is 0.778. The van der Waals surface area contributed by atoms with Crippen LogP contribution in [0.15, 0.2) is 0 Å². The van der Waals surface area contributed by atoms with Crippen LogP contribution >= 0.6 is 0 Å². The van der Waals surface area contributed by atoms with E-state index in [4.69, 9.17) is 10.8 Å². The molecule has 1 aliphatic carbocycles. The molecule has 1 amide bonds. The lowest BCUT2D eigenvalue weighted by atomic mass is 9.76. The number of nitrogens with two attached hydrogens (primary N) is 1. The van der Waals surface area contributed by atoms with E-state index in [9.17, 15) is 14.7 Å². The number of aliphatic hydroxyl groups is 1. The molecule has 1 atom stereocenters. The second-order valence-corrected chi connectivity index (χ2v) is 3.77. The third-order valence-corrected chi connectivity index (χ3v) is 2.90. The van der Waals surface area contributed by atoms with Gasteiger partial charge in [-0.2, -0.15) is 0 Å². The Bertz CT molecular complexity index is 231. The molecule has 1 fully saturated rings. The molecule has 14 heavy (non-hydrogen) atoms. The fourth-order valence-corrected chi connectivity index (χ4v) is 2.00. The smallest absolute Gasteiger partial charge is 0.345 e. The molecule has 0 aromatic heterocycles. The quantitative estimate of drug-likeness (QED) is 0.553. The van der Waals surface area contributed by atoms with E-state index in [0.717, 1.165) is 19.3 Å². The third-order valence-electron chi connectivity index (χ3n) is 2.90. The van der Waals surface area contributed by atoms with Crippen LogP contribution in [0.1, 0.15) is 32.1 Å². The highest BCUT2D eigenvalue weighted by Gasteiger charge is 2.49. The van der Waals surface area contributed by atoms with E-state index in [0.29, 0.717) is 12.8 Å². The van der Waals surface area contributed by atoms with Gasteiger partial charge in [0.15, 0.2) is 0 Å². The van der Waals surface area contributed by atoms with Gasteiger partial charge in [-0.15, -0.1) is 0 Å². The standard InChI is InChI=1S/C9H15NO4/c10-7(11)9(14,8(12)13)6-4-2-1-3-5-6/h6,14H,1-5H2,(H2,10,11)(H,12,13). The Morgan fingerprint density at radius 2 is 1.71 bits per heavy atom. The average molecular weight is 201 g/mol. The van der Waals surface area contributed by atoms with Gasteiger partial charge in [-0.25, -0.2) is 4.79 Å². The van der Waals surface area contributed by atoms with E-state index in [1.54, 1.807) is 0 Å². The van der Waals surface area contributed by atoms with Crippen molar-refractivity contribution in [3.05, 3.63) is 0 Å². The van der Waals surface area contributed by atoms with E-state index in [1.165, 1.54) is 0 Å².